The Balaban J connectivity index is 3.37. The maximum atomic E-state index is 12.8. The molecule has 0 aromatic heterocycles. The highest BCUT2D eigenvalue weighted by Crippen LogP contribution is 2.23. The smallest absolute Gasteiger partial charge is 0.136 e. The van der Waals surface area contributed by atoms with Gasteiger partial charge in [-0.2, -0.15) is 0 Å². The van der Waals surface area contributed by atoms with E-state index in [0.717, 1.165) is 12.1 Å². The van der Waals surface area contributed by atoms with E-state index < -0.39 is 17.3 Å². The zero-order valence-corrected chi connectivity index (χ0v) is 6.25. The van der Waals surface area contributed by atoms with Crippen molar-refractivity contribution in [1.29, 1.82) is 0 Å². The molecule has 0 spiro atoms. The molecule has 0 amide bonds. The predicted octanol–water partition coefficient (Wildman–Crippen LogP) is 3.22. The summed E-state index contributed by atoms with van der Waals surface area (Å²) in [7, 11) is 0. The average molecular weight is 169 g/mol. The summed E-state index contributed by atoms with van der Waals surface area (Å²) in [5, 5.41) is 2.88. The monoisotopic (exact) mass is 169 g/mol. The van der Waals surface area contributed by atoms with Crippen LogP contribution in [0.5, 0.6) is 0 Å². The van der Waals surface area contributed by atoms with E-state index in [1.54, 1.807) is 6.92 Å². The zero-order valence-electron chi connectivity index (χ0n) is 6.25. The van der Waals surface area contributed by atoms with E-state index in [0.29, 0.717) is 5.56 Å². The van der Waals surface area contributed by atoms with Crippen LogP contribution < -0.4 is 0 Å². The van der Waals surface area contributed by atoms with E-state index in [2.05, 4.69) is 10.0 Å². The number of rotatable bonds is 1. The summed E-state index contributed by atoms with van der Waals surface area (Å²) in [6.45, 7) is 1.55. The first kappa shape index (κ1) is 8.49. The molecule has 0 radical (unpaired) electrons. The van der Waals surface area contributed by atoms with Crippen molar-refractivity contribution in [2.24, 2.45) is 5.11 Å². The Hall–Kier alpha value is -1.61. The van der Waals surface area contributed by atoms with E-state index in [-0.39, 0.29) is 0 Å². The Kier molecular flexibility index (Phi) is 2.26. The number of halogens is 2. The molecule has 0 heterocycles. The Morgan fingerprint density at radius 3 is 2.25 bits per heavy atom. The van der Waals surface area contributed by atoms with Gasteiger partial charge < -0.3 is 0 Å². The molecule has 12 heavy (non-hydrogen) atoms. The number of aryl methyl sites for hydroxylation is 1. The highest BCUT2D eigenvalue weighted by Gasteiger charge is 2.06. The first-order chi connectivity index (χ1) is 5.65. The molecule has 0 N–H and O–H groups in total. The second-order valence-electron chi connectivity index (χ2n) is 2.27. The van der Waals surface area contributed by atoms with Crippen LogP contribution in [0.15, 0.2) is 17.2 Å². The highest BCUT2D eigenvalue weighted by molar-refractivity contribution is 5.42. The van der Waals surface area contributed by atoms with Crippen LogP contribution >= 0.6 is 0 Å². The molecule has 0 saturated carbocycles. The van der Waals surface area contributed by atoms with Crippen molar-refractivity contribution in [3.63, 3.8) is 0 Å². The van der Waals surface area contributed by atoms with Gasteiger partial charge in [-0.1, -0.05) is 5.11 Å². The third kappa shape index (κ3) is 1.52. The molecule has 62 valence electrons. The minimum absolute atomic E-state index is 0.446. The maximum absolute atomic E-state index is 12.8. The molecule has 0 fully saturated rings. The Labute approximate surface area is 67.3 Å². The van der Waals surface area contributed by atoms with Gasteiger partial charge in [0.15, 0.2) is 0 Å². The minimum atomic E-state index is -0.842. The number of azide groups is 1. The molecule has 1 aromatic carbocycles. The van der Waals surface area contributed by atoms with E-state index in [9.17, 15) is 8.78 Å². The van der Waals surface area contributed by atoms with Crippen LogP contribution in [0.2, 0.25) is 0 Å². The maximum Gasteiger partial charge on any atom is 0.136 e. The summed E-state index contributed by atoms with van der Waals surface area (Å²) < 4.78 is 25.6. The fourth-order valence-electron chi connectivity index (χ4n) is 0.832. The molecule has 0 unspecified atom stereocenters. The molecule has 5 heteroatoms. The van der Waals surface area contributed by atoms with Gasteiger partial charge in [0.1, 0.15) is 17.3 Å². The fraction of sp³-hybridized carbons (Fsp3) is 0.143. The number of hydrogen-bond donors (Lipinski definition) is 0. The summed E-state index contributed by atoms with van der Waals surface area (Å²) in [5.74, 6) is -1.68. The third-order valence-electron chi connectivity index (χ3n) is 1.31. The van der Waals surface area contributed by atoms with Crippen LogP contribution in [0, 0.1) is 18.6 Å². The molecule has 0 aliphatic heterocycles. The first-order valence-corrected chi connectivity index (χ1v) is 3.16. The van der Waals surface area contributed by atoms with Crippen molar-refractivity contribution in [2.75, 3.05) is 0 Å². The van der Waals surface area contributed by atoms with Gasteiger partial charge in [0, 0.05) is 4.91 Å². The zero-order chi connectivity index (χ0) is 9.14. The quantitative estimate of drug-likeness (QED) is 0.352. The van der Waals surface area contributed by atoms with Gasteiger partial charge in [-0.05, 0) is 30.2 Å². The van der Waals surface area contributed by atoms with Crippen LogP contribution in [-0.2, 0) is 0 Å². The lowest BCUT2D eigenvalue weighted by molar-refractivity contribution is 0.585. The Morgan fingerprint density at radius 1 is 1.33 bits per heavy atom. The molecule has 1 rings (SSSR count). The predicted molar refractivity (Wildman–Crippen MR) is 39.9 cm³/mol. The van der Waals surface area contributed by atoms with Gasteiger partial charge in [-0.15, -0.1) is 0 Å². The van der Waals surface area contributed by atoms with Crippen LogP contribution in [0.25, 0.3) is 10.4 Å². The van der Waals surface area contributed by atoms with Gasteiger partial charge in [0.25, 0.3) is 0 Å². The third-order valence-corrected chi connectivity index (χ3v) is 1.31. The van der Waals surface area contributed by atoms with Crippen molar-refractivity contribution in [3.8, 4) is 0 Å². The lowest BCUT2D eigenvalue weighted by Gasteiger charge is -1.98. The second kappa shape index (κ2) is 3.19. The summed E-state index contributed by atoms with van der Waals surface area (Å²) >= 11 is 0. The molecule has 0 aliphatic carbocycles. The normalized spacial score (nSPS) is 9.25. The van der Waals surface area contributed by atoms with Crippen molar-refractivity contribution < 1.29 is 8.78 Å². The van der Waals surface area contributed by atoms with E-state index >= 15 is 0 Å². The van der Waals surface area contributed by atoms with Crippen LogP contribution in [-0.4, -0.2) is 0 Å². The number of nitrogens with zero attached hydrogens (tertiary/aromatic N) is 3. The number of hydrogen-bond acceptors (Lipinski definition) is 1. The molecule has 0 atom stereocenters. The summed E-state index contributed by atoms with van der Waals surface area (Å²) in [5.41, 5.74) is 7.83. The van der Waals surface area contributed by atoms with Gasteiger partial charge in [-0.3, -0.25) is 0 Å². The molecule has 3 nitrogen and oxygen atoms in total. The summed E-state index contributed by atoms with van der Waals surface area (Å²) in [6.07, 6.45) is 0. The van der Waals surface area contributed by atoms with Gasteiger partial charge in [0.05, 0.1) is 0 Å². The summed E-state index contributed by atoms with van der Waals surface area (Å²) in [6, 6.07) is 2.21. The van der Waals surface area contributed by atoms with Gasteiger partial charge in [-0.25, -0.2) is 8.78 Å². The Bertz CT molecular complexity index is 333. The lowest BCUT2D eigenvalue weighted by Crippen LogP contribution is -1.83. The summed E-state index contributed by atoms with van der Waals surface area (Å²) in [4.78, 5) is 2.30. The van der Waals surface area contributed by atoms with Crippen LogP contribution in [0.4, 0.5) is 14.5 Å². The average Bonchev–Trinajstić information content (AvgIpc) is 1.96. The second-order valence-corrected chi connectivity index (χ2v) is 2.27. The van der Waals surface area contributed by atoms with Gasteiger partial charge >= 0.3 is 0 Å². The highest BCUT2D eigenvalue weighted by atomic mass is 19.1. The molecule has 0 aliphatic rings. The van der Waals surface area contributed by atoms with Crippen molar-refractivity contribution in [2.45, 2.75) is 6.92 Å². The fourth-order valence-corrected chi connectivity index (χ4v) is 0.832. The van der Waals surface area contributed by atoms with E-state index in [1.807, 2.05) is 0 Å². The number of benzene rings is 1. The van der Waals surface area contributed by atoms with Crippen molar-refractivity contribution in [1.82, 2.24) is 0 Å². The van der Waals surface area contributed by atoms with Gasteiger partial charge in [0.2, 0.25) is 0 Å². The van der Waals surface area contributed by atoms with E-state index in [4.69, 9.17) is 5.53 Å². The molecular formula is C7H5F2N3. The molecule has 1 aromatic rings. The molecular weight excluding hydrogens is 164 g/mol. The van der Waals surface area contributed by atoms with E-state index in [1.165, 1.54) is 0 Å². The van der Waals surface area contributed by atoms with Crippen LogP contribution in [0.1, 0.15) is 5.56 Å². The topological polar surface area (TPSA) is 48.8 Å². The molecule has 0 bridgehead atoms. The Morgan fingerprint density at radius 2 is 1.83 bits per heavy atom. The van der Waals surface area contributed by atoms with Crippen LogP contribution in [0.3, 0.4) is 0 Å². The van der Waals surface area contributed by atoms with Crippen molar-refractivity contribution in [3.05, 3.63) is 39.8 Å². The minimum Gasteiger partial charge on any atom is -0.206 e. The SMILES string of the molecule is Cc1cc(F)c(N=[N+]=[N-])c(F)c1. The standard InChI is InChI=1S/C7H5F2N3/c1-4-2-5(8)7(11-12-10)6(9)3-4/h2-3H,1H3. The first-order valence-electron chi connectivity index (χ1n) is 3.16. The molecule has 0 saturated heterocycles. The lowest BCUT2D eigenvalue weighted by atomic mass is 10.2. The largest absolute Gasteiger partial charge is 0.206 e. The van der Waals surface area contributed by atoms with Crippen molar-refractivity contribution >= 4 is 5.69 Å².